The second-order valence-electron chi connectivity index (χ2n) is 6.96. The van der Waals surface area contributed by atoms with Crippen molar-refractivity contribution in [1.29, 1.82) is 0 Å². The summed E-state index contributed by atoms with van der Waals surface area (Å²) >= 11 is 1.16. The molecule has 0 aliphatic heterocycles. The highest BCUT2D eigenvalue weighted by Gasteiger charge is 2.24. The predicted molar refractivity (Wildman–Crippen MR) is 131 cm³/mol. The molecule has 1 heterocycles. The third-order valence-electron chi connectivity index (χ3n) is 4.89. The fourth-order valence-electron chi connectivity index (χ4n) is 3.26. The number of esters is 2. The van der Waals surface area contributed by atoms with Gasteiger partial charge >= 0.3 is 11.9 Å². The summed E-state index contributed by atoms with van der Waals surface area (Å²) in [6, 6.07) is 12.0. The average molecular weight is 500 g/mol. The highest BCUT2D eigenvalue weighted by molar-refractivity contribution is 7.15. The molecule has 0 aliphatic rings. The fourth-order valence-corrected chi connectivity index (χ4v) is 4.23. The van der Waals surface area contributed by atoms with Crippen molar-refractivity contribution in [3.05, 3.63) is 59.0 Å². The van der Waals surface area contributed by atoms with Crippen LogP contribution in [0.2, 0.25) is 0 Å². The van der Waals surface area contributed by atoms with Crippen molar-refractivity contribution in [2.45, 2.75) is 6.92 Å². The lowest BCUT2D eigenvalue weighted by atomic mass is 10.0. The predicted octanol–water partition coefficient (Wildman–Crippen LogP) is 4.41. The van der Waals surface area contributed by atoms with Gasteiger partial charge in [-0.1, -0.05) is 18.2 Å². The minimum absolute atomic E-state index is 0.0652. The molecule has 0 saturated heterocycles. The lowest BCUT2D eigenvalue weighted by molar-refractivity contribution is -0.119. The first-order valence-corrected chi connectivity index (χ1v) is 11.4. The molecule has 0 saturated carbocycles. The molecule has 0 fully saturated rings. The minimum atomic E-state index is -0.787. The van der Waals surface area contributed by atoms with E-state index in [-0.39, 0.29) is 34.2 Å². The molecule has 0 atom stereocenters. The molecule has 0 spiro atoms. The van der Waals surface area contributed by atoms with Gasteiger partial charge in [-0.05, 0) is 36.8 Å². The van der Waals surface area contributed by atoms with Crippen LogP contribution in [0.15, 0.2) is 47.8 Å². The van der Waals surface area contributed by atoms with Crippen molar-refractivity contribution in [3.8, 4) is 28.4 Å². The van der Waals surface area contributed by atoms with Crippen LogP contribution >= 0.6 is 11.3 Å². The second-order valence-corrected chi connectivity index (χ2v) is 7.84. The van der Waals surface area contributed by atoms with Crippen molar-refractivity contribution in [2.24, 2.45) is 0 Å². The Balaban J connectivity index is 1.78. The topological polar surface area (TPSA) is 109 Å². The van der Waals surface area contributed by atoms with Gasteiger partial charge in [0.2, 0.25) is 0 Å². The van der Waals surface area contributed by atoms with Crippen molar-refractivity contribution in [1.82, 2.24) is 0 Å². The van der Waals surface area contributed by atoms with E-state index in [1.54, 1.807) is 61.9 Å². The lowest BCUT2D eigenvalue weighted by Crippen LogP contribution is -2.22. The molecule has 1 amide bonds. The molecule has 2 aromatic carbocycles. The normalized spacial score (nSPS) is 10.3. The maximum Gasteiger partial charge on any atom is 0.346 e. The highest BCUT2D eigenvalue weighted by Crippen LogP contribution is 2.37. The zero-order valence-corrected chi connectivity index (χ0v) is 20.5. The number of ether oxygens (including phenoxy) is 5. The van der Waals surface area contributed by atoms with Gasteiger partial charge in [-0.15, -0.1) is 11.3 Å². The van der Waals surface area contributed by atoms with Gasteiger partial charge in [-0.3, -0.25) is 4.79 Å². The number of methoxy groups -OCH3 is 3. The number of hydrogen-bond acceptors (Lipinski definition) is 9. The Labute approximate surface area is 206 Å². The third kappa shape index (κ3) is 5.90. The van der Waals surface area contributed by atoms with Crippen molar-refractivity contribution >= 4 is 34.2 Å². The Morgan fingerprint density at radius 1 is 0.829 bits per heavy atom. The number of hydrogen-bond donors (Lipinski definition) is 1. The summed E-state index contributed by atoms with van der Waals surface area (Å²) in [6.45, 7) is 1.28. The summed E-state index contributed by atoms with van der Waals surface area (Å²) in [5.74, 6) is -0.816. The van der Waals surface area contributed by atoms with Gasteiger partial charge in [-0.25, -0.2) is 9.59 Å². The SMILES string of the molecule is CCOC(=O)c1c(-c2ccc(OC)cc2)csc1NC(=O)COC(=O)c1c(OC)cccc1OC. The van der Waals surface area contributed by atoms with Crippen molar-refractivity contribution < 1.29 is 38.1 Å². The molecular formula is C25H25NO8S. The van der Waals surface area contributed by atoms with E-state index in [0.29, 0.717) is 11.3 Å². The molecule has 184 valence electrons. The zero-order valence-electron chi connectivity index (χ0n) is 19.7. The van der Waals surface area contributed by atoms with Crippen LogP contribution in [-0.2, 0) is 14.3 Å². The number of rotatable bonds is 10. The van der Waals surface area contributed by atoms with Gasteiger partial charge in [0.1, 0.15) is 33.4 Å². The van der Waals surface area contributed by atoms with E-state index >= 15 is 0 Å². The summed E-state index contributed by atoms with van der Waals surface area (Å²) in [4.78, 5) is 37.9. The molecule has 0 bridgehead atoms. The standard InChI is InChI=1S/C25H25NO8S/c1-5-33-24(28)21-17(15-9-11-16(30-2)12-10-15)14-35-23(21)26-20(27)13-34-25(29)22-18(31-3)7-6-8-19(22)32-4/h6-12,14H,5,13H2,1-4H3,(H,26,27). The van der Waals surface area contributed by atoms with Crippen LogP contribution in [0.4, 0.5) is 5.00 Å². The quantitative estimate of drug-likeness (QED) is 0.409. The van der Waals surface area contributed by atoms with E-state index in [9.17, 15) is 14.4 Å². The zero-order chi connectivity index (χ0) is 25.4. The van der Waals surface area contributed by atoms with Gasteiger partial charge in [0.05, 0.1) is 27.9 Å². The van der Waals surface area contributed by atoms with Gasteiger partial charge < -0.3 is 29.0 Å². The summed E-state index contributed by atoms with van der Waals surface area (Å²) in [5.41, 5.74) is 1.63. The summed E-state index contributed by atoms with van der Waals surface area (Å²) < 4.78 is 26.0. The molecule has 0 radical (unpaired) electrons. The summed E-state index contributed by atoms with van der Waals surface area (Å²) in [5, 5.41) is 4.67. The van der Waals surface area contributed by atoms with Gasteiger partial charge in [-0.2, -0.15) is 0 Å². The van der Waals surface area contributed by atoms with Gasteiger partial charge in [0.15, 0.2) is 6.61 Å². The first-order chi connectivity index (χ1) is 16.9. The Kier molecular flexibility index (Phi) is 8.69. The van der Waals surface area contributed by atoms with Crippen LogP contribution < -0.4 is 19.5 Å². The number of nitrogens with one attached hydrogen (secondary N) is 1. The van der Waals surface area contributed by atoms with Crippen LogP contribution in [-0.4, -0.2) is 52.4 Å². The fraction of sp³-hybridized carbons (Fsp3) is 0.240. The number of amides is 1. The van der Waals surface area contributed by atoms with E-state index in [2.05, 4.69) is 5.32 Å². The molecule has 0 aliphatic carbocycles. The van der Waals surface area contributed by atoms with E-state index in [1.165, 1.54) is 14.2 Å². The van der Waals surface area contributed by atoms with E-state index in [0.717, 1.165) is 16.9 Å². The number of carbonyl (C=O) groups excluding carboxylic acids is 3. The molecule has 10 heteroatoms. The number of carbonyl (C=O) groups is 3. The molecule has 1 N–H and O–H groups in total. The highest BCUT2D eigenvalue weighted by atomic mass is 32.1. The van der Waals surface area contributed by atoms with Crippen LogP contribution in [0, 0.1) is 0 Å². The minimum Gasteiger partial charge on any atom is -0.497 e. The van der Waals surface area contributed by atoms with Crippen molar-refractivity contribution in [3.63, 3.8) is 0 Å². The van der Waals surface area contributed by atoms with E-state index in [1.807, 2.05) is 0 Å². The molecule has 9 nitrogen and oxygen atoms in total. The van der Waals surface area contributed by atoms with Crippen molar-refractivity contribution in [2.75, 3.05) is 39.9 Å². The largest absolute Gasteiger partial charge is 0.497 e. The Hall–Kier alpha value is -4.05. The van der Waals surface area contributed by atoms with Gasteiger partial charge in [0, 0.05) is 10.9 Å². The molecule has 3 aromatic rings. The third-order valence-corrected chi connectivity index (χ3v) is 5.79. The Morgan fingerprint density at radius 2 is 1.46 bits per heavy atom. The number of thiophene rings is 1. The first kappa shape index (κ1) is 25.6. The molecule has 0 unspecified atom stereocenters. The number of benzene rings is 2. The van der Waals surface area contributed by atoms with E-state index in [4.69, 9.17) is 23.7 Å². The molecule has 3 rings (SSSR count). The maximum absolute atomic E-state index is 12.7. The summed E-state index contributed by atoms with van der Waals surface area (Å²) in [6.07, 6.45) is 0. The maximum atomic E-state index is 12.7. The number of anilines is 1. The van der Waals surface area contributed by atoms with Crippen LogP contribution in [0.3, 0.4) is 0 Å². The molecule has 35 heavy (non-hydrogen) atoms. The van der Waals surface area contributed by atoms with Gasteiger partial charge in [0.25, 0.3) is 5.91 Å². The Morgan fingerprint density at radius 3 is 2.03 bits per heavy atom. The lowest BCUT2D eigenvalue weighted by Gasteiger charge is -2.12. The van der Waals surface area contributed by atoms with Crippen LogP contribution in [0.1, 0.15) is 27.6 Å². The van der Waals surface area contributed by atoms with Crippen LogP contribution in [0.5, 0.6) is 17.2 Å². The molecular weight excluding hydrogens is 474 g/mol. The first-order valence-electron chi connectivity index (χ1n) is 10.5. The summed E-state index contributed by atoms with van der Waals surface area (Å²) in [7, 11) is 4.38. The van der Waals surface area contributed by atoms with Crippen LogP contribution in [0.25, 0.3) is 11.1 Å². The Bertz CT molecular complexity index is 1180. The monoisotopic (exact) mass is 499 g/mol. The molecule has 1 aromatic heterocycles. The van der Waals surface area contributed by atoms with E-state index < -0.39 is 24.5 Å². The second kappa shape index (κ2) is 11.9. The average Bonchev–Trinajstić information content (AvgIpc) is 3.30. The smallest absolute Gasteiger partial charge is 0.346 e.